The van der Waals surface area contributed by atoms with Crippen molar-refractivity contribution in [2.75, 3.05) is 0 Å². The third-order valence-corrected chi connectivity index (χ3v) is 1.97. The first kappa shape index (κ1) is 7.92. The summed E-state index contributed by atoms with van der Waals surface area (Å²) in [6, 6.07) is 6.11. The van der Waals surface area contributed by atoms with Gasteiger partial charge in [0, 0.05) is 0 Å². The highest BCUT2D eigenvalue weighted by molar-refractivity contribution is 5.86. The quantitative estimate of drug-likeness (QED) is 0.645. The van der Waals surface area contributed by atoms with E-state index in [9.17, 15) is 0 Å². The average molecular weight is 171 g/mol. The lowest BCUT2D eigenvalue weighted by molar-refractivity contribution is -0.380. The molecule has 0 bridgehead atoms. The van der Waals surface area contributed by atoms with Crippen molar-refractivity contribution in [3.05, 3.63) is 42.4 Å². The summed E-state index contributed by atoms with van der Waals surface area (Å²) in [5.74, 6) is 0. The Morgan fingerprint density at radius 2 is 2.31 bits per heavy atom. The molecule has 0 aliphatic rings. The number of benzene rings is 1. The number of rotatable bonds is 1. The van der Waals surface area contributed by atoms with Crippen molar-refractivity contribution in [1.29, 1.82) is 0 Å². The third kappa shape index (κ3) is 1.43. The molecule has 13 heavy (non-hydrogen) atoms. The summed E-state index contributed by atoms with van der Waals surface area (Å²) in [5.41, 5.74) is 2.22. The van der Waals surface area contributed by atoms with Gasteiger partial charge in [0.15, 0.2) is 5.52 Å². The molecule has 0 unspecified atom stereocenters. The summed E-state index contributed by atoms with van der Waals surface area (Å²) in [6.45, 7) is 2.01. The highest BCUT2D eigenvalue weighted by atomic mass is 14.8. The molecular weight excluding hydrogens is 160 g/mol. The monoisotopic (exact) mass is 171 g/mol. The molecule has 0 atom stereocenters. The average Bonchev–Trinajstić information content (AvgIpc) is 2.19. The predicted octanol–water partition coefficient (Wildman–Crippen LogP) is 2.08. The van der Waals surface area contributed by atoms with E-state index in [0.717, 1.165) is 10.9 Å². The Bertz CT molecular complexity index is 441. The van der Waals surface area contributed by atoms with Crippen LogP contribution in [0.15, 0.2) is 36.8 Å². The van der Waals surface area contributed by atoms with Crippen LogP contribution in [0.1, 0.15) is 12.5 Å². The number of aromatic amines is 1. The zero-order valence-electron chi connectivity index (χ0n) is 7.49. The summed E-state index contributed by atoms with van der Waals surface area (Å²) in [7, 11) is 0. The minimum Gasteiger partial charge on any atom is -0.250 e. The fraction of sp³-hybridized carbons (Fsp3) is 0.0909. The van der Waals surface area contributed by atoms with Crippen LogP contribution in [0.4, 0.5) is 0 Å². The number of fused-ring (bicyclic) bond motifs is 1. The van der Waals surface area contributed by atoms with Gasteiger partial charge < -0.3 is 0 Å². The lowest BCUT2D eigenvalue weighted by Gasteiger charge is -1.94. The molecule has 0 aliphatic carbocycles. The van der Waals surface area contributed by atoms with Crippen molar-refractivity contribution in [3.8, 4) is 0 Å². The van der Waals surface area contributed by atoms with Crippen molar-refractivity contribution in [1.82, 2.24) is 4.98 Å². The molecule has 2 heteroatoms. The molecule has 0 aliphatic heterocycles. The van der Waals surface area contributed by atoms with E-state index in [0.29, 0.717) is 0 Å². The van der Waals surface area contributed by atoms with Gasteiger partial charge in [0.1, 0.15) is 0 Å². The second-order valence-electron chi connectivity index (χ2n) is 2.85. The molecule has 1 aromatic carbocycles. The van der Waals surface area contributed by atoms with Crippen LogP contribution in [0.5, 0.6) is 0 Å². The van der Waals surface area contributed by atoms with E-state index in [-0.39, 0.29) is 0 Å². The number of H-pyrrole nitrogens is 1. The molecule has 0 saturated carbocycles. The topological polar surface area (TPSA) is 27.0 Å². The van der Waals surface area contributed by atoms with Gasteiger partial charge in [-0.1, -0.05) is 24.3 Å². The van der Waals surface area contributed by atoms with Crippen LogP contribution in [-0.4, -0.2) is 4.98 Å². The Kier molecular flexibility index (Phi) is 2.04. The molecule has 0 radical (unpaired) electrons. The first-order valence-electron chi connectivity index (χ1n) is 4.29. The zero-order chi connectivity index (χ0) is 9.10. The van der Waals surface area contributed by atoms with E-state index in [1.54, 1.807) is 6.33 Å². The zero-order valence-corrected chi connectivity index (χ0v) is 7.49. The maximum atomic E-state index is 4.23. The molecule has 2 rings (SSSR count). The Hall–Kier alpha value is -1.70. The van der Waals surface area contributed by atoms with E-state index in [4.69, 9.17) is 0 Å². The van der Waals surface area contributed by atoms with Crippen molar-refractivity contribution >= 4 is 17.0 Å². The molecule has 2 aromatic rings. The molecule has 1 N–H and O–H groups in total. The van der Waals surface area contributed by atoms with Gasteiger partial charge in [-0.05, 0) is 23.5 Å². The maximum absolute atomic E-state index is 4.23. The largest absolute Gasteiger partial charge is 0.284 e. The van der Waals surface area contributed by atoms with E-state index in [1.807, 2.05) is 31.3 Å². The van der Waals surface area contributed by atoms with Gasteiger partial charge in [-0.2, -0.15) is 0 Å². The van der Waals surface area contributed by atoms with Gasteiger partial charge in [0.25, 0.3) is 6.33 Å². The minimum atomic E-state index is 1.02. The standard InChI is InChI=1S/C11H10N2/c1-2-4-9-5-3-6-11-10(9)7-12-8-13-11/h2-8H,1H3/p+1/b4-2+. The van der Waals surface area contributed by atoms with Crippen LogP contribution in [0, 0.1) is 0 Å². The second kappa shape index (κ2) is 3.35. The number of hydrogen-bond donors (Lipinski definition) is 0. The van der Waals surface area contributed by atoms with E-state index in [1.165, 1.54) is 5.56 Å². The number of aromatic nitrogens is 2. The second-order valence-corrected chi connectivity index (χ2v) is 2.85. The first-order chi connectivity index (χ1) is 6.42. The lowest BCUT2D eigenvalue weighted by atomic mass is 10.1. The van der Waals surface area contributed by atoms with Gasteiger partial charge >= 0.3 is 0 Å². The van der Waals surface area contributed by atoms with Crippen LogP contribution < -0.4 is 4.98 Å². The number of allylic oxidation sites excluding steroid dienone is 1. The predicted molar refractivity (Wildman–Crippen MR) is 53.0 cm³/mol. The summed E-state index contributed by atoms with van der Waals surface area (Å²) in [5, 5.41) is 1.16. The van der Waals surface area contributed by atoms with Crippen LogP contribution in [0.25, 0.3) is 17.0 Å². The van der Waals surface area contributed by atoms with Gasteiger partial charge in [0.05, 0.1) is 11.6 Å². The fourth-order valence-electron chi connectivity index (χ4n) is 1.39. The summed E-state index contributed by atoms with van der Waals surface area (Å²) < 4.78 is 0. The molecule has 2 nitrogen and oxygen atoms in total. The van der Waals surface area contributed by atoms with Crippen molar-refractivity contribution in [2.24, 2.45) is 0 Å². The van der Waals surface area contributed by atoms with Crippen LogP contribution in [0.2, 0.25) is 0 Å². The Labute approximate surface area is 77.0 Å². The number of nitrogens with zero attached hydrogens (tertiary/aromatic N) is 1. The van der Waals surface area contributed by atoms with Crippen molar-refractivity contribution in [2.45, 2.75) is 6.92 Å². The van der Waals surface area contributed by atoms with E-state index >= 15 is 0 Å². The molecule has 1 heterocycles. The van der Waals surface area contributed by atoms with Gasteiger partial charge in [-0.15, -0.1) is 0 Å². The minimum absolute atomic E-state index is 1.02. The molecule has 0 fully saturated rings. The number of nitrogens with one attached hydrogen (secondary N) is 1. The van der Waals surface area contributed by atoms with E-state index in [2.05, 4.69) is 22.1 Å². The van der Waals surface area contributed by atoms with Crippen LogP contribution in [0.3, 0.4) is 0 Å². The summed E-state index contributed by atoms with van der Waals surface area (Å²) >= 11 is 0. The van der Waals surface area contributed by atoms with E-state index < -0.39 is 0 Å². The van der Waals surface area contributed by atoms with Crippen LogP contribution in [-0.2, 0) is 0 Å². The molecule has 0 amide bonds. The summed E-state index contributed by atoms with van der Waals surface area (Å²) in [6.07, 6.45) is 7.78. The fourth-order valence-corrected chi connectivity index (χ4v) is 1.39. The first-order valence-corrected chi connectivity index (χ1v) is 4.29. The molecule has 0 spiro atoms. The van der Waals surface area contributed by atoms with Gasteiger partial charge in [-0.3, -0.25) is 0 Å². The van der Waals surface area contributed by atoms with Crippen LogP contribution >= 0.6 is 0 Å². The normalized spacial score (nSPS) is 11.2. The Morgan fingerprint density at radius 3 is 3.15 bits per heavy atom. The summed E-state index contributed by atoms with van der Waals surface area (Å²) in [4.78, 5) is 7.22. The molecule has 64 valence electrons. The van der Waals surface area contributed by atoms with Gasteiger partial charge in [0.2, 0.25) is 0 Å². The number of hydrogen-bond acceptors (Lipinski definition) is 1. The molecule has 0 saturated heterocycles. The van der Waals surface area contributed by atoms with Crippen molar-refractivity contribution < 1.29 is 4.98 Å². The molecule has 1 aromatic heterocycles. The highest BCUT2D eigenvalue weighted by Crippen LogP contribution is 2.15. The molecular formula is C11H11N2+. The Balaban J connectivity index is 2.75. The van der Waals surface area contributed by atoms with Gasteiger partial charge in [-0.25, -0.2) is 4.98 Å². The lowest BCUT2D eigenvalue weighted by Crippen LogP contribution is -2.01. The smallest absolute Gasteiger partial charge is 0.250 e. The Morgan fingerprint density at radius 1 is 1.38 bits per heavy atom. The highest BCUT2D eigenvalue weighted by Gasteiger charge is 2.01. The van der Waals surface area contributed by atoms with Crippen molar-refractivity contribution in [3.63, 3.8) is 0 Å². The maximum Gasteiger partial charge on any atom is 0.284 e. The third-order valence-electron chi connectivity index (χ3n) is 1.97. The SMILES string of the molecule is C/C=C/c1cccc2nc[nH+]cc12.